The van der Waals surface area contributed by atoms with Crippen LogP contribution >= 0.6 is 0 Å². The zero-order chi connectivity index (χ0) is 18.5. The van der Waals surface area contributed by atoms with Crippen molar-refractivity contribution < 1.29 is 13.9 Å². The average molecular weight is 357 g/mol. The summed E-state index contributed by atoms with van der Waals surface area (Å²) in [5, 5.41) is 2.80. The molecule has 1 N–H and O–H groups in total. The van der Waals surface area contributed by atoms with Crippen LogP contribution in [0.15, 0.2) is 42.5 Å². The van der Waals surface area contributed by atoms with Crippen LogP contribution in [-0.2, 0) is 6.54 Å². The topological polar surface area (TPSA) is 44.8 Å². The Bertz CT molecular complexity index is 773. The van der Waals surface area contributed by atoms with Crippen molar-refractivity contribution in [2.24, 2.45) is 0 Å². The molecule has 0 bridgehead atoms. The summed E-state index contributed by atoms with van der Waals surface area (Å²) in [4.78, 5) is 16.3. The maximum atomic E-state index is 13.6. The molecular formula is C20H24FN3O2. The Hall–Kier alpha value is -2.76. The largest absolute Gasteiger partial charge is 0.495 e. The van der Waals surface area contributed by atoms with Crippen LogP contribution in [0.25, 0.3) is 0 Å². The van der Waals surface area contributed by atoms with Gasteiger partial charge in [-0.3, -0.25) is 0 Å². The van der Waals surface area contributed by atoms with E-state index in [1.165, 1.54) is 11.6 Å². The summed E-state index contributed by atoms with van der Waals surface area (Å²) >= 11 is 0. The van der Waals surface area contributed by atoms with Gasteiger partial charge >= 0.3 is 6.03 Å². The van der Waals surface area contributed by atoms with Crippen molar-refractivity contribution in [3.63, 3.8) is 0 Å². The van der Waals surface area contributed by atoms with Crippen LogP contribution in [0.3, 0.4) is 0 Å². The third-order valence-corrected chi connectivity index (χ3v) is 4.63. The van der Waals surface area contributed by atoms with Gasteiger partial charge in [-0.05, 0) is 30.7 Å². The second kappa shape index (κ2) is 8.08. The number of nitrogens with one attached hydrogen (secondary N) is 1. The first-order chi connectivity index (χ1) is 12.6. The van der Waals surface area contributed by atoms with E-state index >= 15 is 0 Å². The highest BCUT2D eigenvalue weighted by Gasteiger charge is 2.23. The first kappa shape index (κ1) is 18.0. The molecule has 0 atom stereocenters. The minimum absolute atomic E-state index is 0.163. The SMILES string of the molecule is COc1ccc(C)cc1N1CCN(C(=O)NCc2ccccc2F)CC1. The van der Waals surface area contributed by atoms with Crippen molar-refractivity contribution in [1.29, 1.82) is 0 Å². The first-order valence-electron chi connectivity index (χ1n) is 8.74. The third-order valence-electron chi connectivity index (χ3n) is 4.63. The summed E-state index contributed by atoms with van der Waals surface area (Å²) in [5.41, 5.74) is 2.72. The lowest BCUT2D eigenvalue weighted by atomic mass is 10.1. The van der Waals surface area contributed by atoms with E-state index in [1.807, 2.05) is 12.1 Å². The lowest BCUT2D eigenvalue weighted by Crippen LogP contribution is -2.51. The van der Waals surface area contributed by atoms with E-state index in [2.05, 4.69) is 23.2 Å². The van der Waals surface area contributed by atoms with E-state index in [0.29, 0.717) is 18.7 Å². The minimum Gasteiger partial charge on any atom is -0.495 e. The molecule has 2 amide bonds. The summed E-state index contributed by atoms with van der Waals surface area (Å²) in [6, 6.07) is 12.4. The molecule has 0 saturated carbocycles. The van der Waals surface area contributed by atoms with Gasteiger partial charge in [0.1, 0.15) is 11.6 Å². The molecule has 6 heteroatoms. The molecule has 26 heavy (non-hydrogen) atoms. The Labute approximate surface area is 153 Å². The van der Waals surface area contributed by atoms with Gasteiger partial charge in [-0.1, -0.05) is 24.3 Å². The van der Waals surface area contributed by atoms with E-state index in [-0.39, 0.29) is 18.4 Å². The normalized spacial score (nSPS) is 14.3. The summed E-state index contributed by atoms with van der Waals surface area (Å²) < 4.78 is 19.1. The number of halogens is 1. The highest BCUT2D eigenvalue weighted by molar-refractivity contribution is 5.74. The van der Waals surface area contributed by atoms with E-state index in [9.17, 15) is 9.18 Å². The smallest absolute Gasteiger partial charge is 0.317 e. The molecule has 0 spiro atoms. The number of piperazine rings is 1. The standard InChI is InChI=1S/C20H24FN3O2/c1-15-7-8-19(26-2)18(13-15)23-9-11-24(12-10-23)20(25)22-14-16-5-3-4-6-17(16)21/h3-8,13H,9-12,14H2,1-2H3,(H,22,25). The van der Waals surface area contributed by atoms with Crippen molar-refractivity contribution in [2.45, 2.75) is 13.5 Å². The fraction of sp³-hybridized carbons (Fsp3) is 0.350. The van der Waals surface area contributed by atoms with Crippen molar-refractivity contribution in [3.05, 3.63) is 59.4 Å². The van der Waals surface area contributed by atoms with Crippen LogP contribution in [0, 0.1) is 12.7 Å². The van der Waals surface area contributed by atoms with Gasteiger partial charge in [0.15, 0.2) is 0 Å². The number of nitrogens with zero attached hydrogens (tertiary/aromatic N) is 2. The minimum atomic E-state index is -0.302. The molecule has 1 saturated heterocycles. The fourth-order valence-electron chi connectivity index (χ4n) is 3.12. The first-order valence-corrected chi connectivity index (χ1v) is 8.74. The Morgan fingerprint density at radius 3 is 2.58 bits per heavy atom. The van der Waals surface area contributed by atoms with Crippen LogP contribution < -0.4 is 15.0 Å². The highest BCUT2D eigenvalue weighted by atomic mass is 19.1. The van der Waals surface area contributed by atoms with Gasteiger partial charge < -0.3 is 19.9 Å². The average Bonchev–Trinajstić information content (AvgIpc) is 2.67. The van der Waals surface area contributed by atoms with Crippen LogP contribution in [0.2, 0.25) is 0 Å². The molecular weight excluding hydrogens is 333 g/mol. The molecule has 1 aliphatic heterocycles. The number of hydrogen-bond acceptors (Lipinski definition) is 3. The van der Waals surface area contributed by atoms with E-state index in [0.717, 1.165) is 24.5 Å². The lowest BCUT2D eigenvalue weighted by molar-refractivity contribution is 0.193. The number of carbonyl (C=O) groups excluding carboxylic acids is 1. The predicted molar refractivity (Wildman–Crippen MR) is 100 cm³/mol. The lowest BCUT2D eigenvalue weighted by Gasteiger charge is -2.36. The van der Waals surface area contributed by atoms with Crippen LogP contribution in [0.1, 0.15) is 11.1 Å². The van der Waals surface area contributed by atoms with Crippen molar-refractivity contribution in [1.82, 2.24) is 10.2 Å². The Morgan fingerprint density at radius 2 is 1.88 bits per heavy atom. The second-order valence-electron chi connectivity index (χ2n) is 6.40. The monoisotopic (exact) mass is 357 g/mol. The number of hydrogen-bond donors (Lipinski definition) is 1. The molecule has 2 aromatic rings. The molecule has 0 radical (unpaired) electrons. The van der Waals surface area contributed by atoms with Crippen molar-refractivity contribution in [2.75, 3.05) is 38.2 Å². The van der Waals surface area contributed by atoms with Gasteiger partial charge in [0, 0.05) is 38.3 Å². The number of anilines is 1. The highest BCUT2D eigenvalue weighted by Crippen LogP contribution is 2.30. The van der Waals surface area contributed by atoms with E-state index in [1.54, 1.807) is 30.2 Å². The second-order valence-corrected chi connectivity index (χ2v) is 6.40. The van der Waals surface area contributed by atoms with Crippen molar-refractivity contribution in [3.8, 4) is 5.75 Å². The van der Waals surface area contributed by atoms with Gasteiger partial charge in [0.25, 0.3) is 0 Å². The van der Waals surface area contributed by atoms with Crippen LogP contribution in [0.4, 0.5) is 14.9 Å². The predicted octanol–water partition coefficient (Wildman–Crippen LogP) is 3.17. The zero-order valence-corrected chi connectivity index (χ0v) is 15.2. The van der Waals surface area contributed by atoms with Gasteiger partial charge in [0.05, 0.1) is 12.8 Å². The van der Waals surface area contributed by atoms with E-state index < -0.39 is 0 Å². The number of rotatable bonds is 4. The van der Waals surface area contributed by atoms with Gasteiger partial charge in [-0.15, -0.1) is 0 Å². The van der Waals surface area contributed by atoms with Crippen LogP contribution in [-0.4, -0.2) is 44.2 Å². The molecule has 1 heterocycles. The molecule has 1 fully saturated rings. The Kier molecular flexibility index (Phi) is 5.61. The van der Waals surface area contributed by atoms with Crippen LogP contribution in [0.5, 0.6) is 5.75 Å². The number of aryl methyl sites for hydroxylation is 1. The fourth-order valence-corrected chi connectivity index (χ4v) is 3.12. The third kappa shape index (κ3) is 4.07. The maximum absolute atomic E-state index is 13.6. The number of carbonyl (C=O) groups is 1. The summed E-state index contributed by atoms with van der Waals surface area (Å²) in [5.74, 6) is 0.539. The molecule has 5 nitrogen and oxygen atoms in total. The summed E-state index contributed by atoms with van der Waals surface area (Å²) in [6.07, 6.45) is 0. The number of amides is 2. The summed E-state index contributed by atoms with van der Waals surface area (Å²) in [6.45, 7) is 4.92. The molecule has 3 rings (SSSR count). The van der Waals surface area contributed by atoms with E-state index in [4.69, 9.17) is 4.74 Å². The van der Waals surface area contributed by atoms with Gasteiger partial charge in [0.2, 0.25) is 0 Å². The number of benzene rings is 2. The molecule has 0 unspecified atom stereocenters. The maximum Gasteiger partial charge on any atom is 0.317 e. The quantitative estimate of drug-likeness (QED) is 0.914. The zero-order valence-electron chi connectivity index (χ0n) is 15.2. The molecule has 0 aromatic heterocycles. The molecule has 0 aliphatic carbocycles. The van der Waals surface area contributed by atoms with Gasteiger partial charge in [-0.2, -0.15) is 0 Å². The number of methoxy groups -OCH3 is 1. The molecule has 1 aliphatic rings. The number of urea groups is 1. The summed E-state index contributed by atoms with van der Waals surface area (Å²) in [7, 11) is 1.67. The van der Waals surface area contributed by atoms with Crippen molar-refractivity contribution >= 4 is 11.7 Å². The molecule has 2 aromatic carbocycles. The number of ether oxygens (including phenoxy) is 1. The Morgan fingerprint density at radius 1 is 1.15 bits per heavy atom. The molecule has 138 valence electrons. The Balaban J connectivity index is 1.56. The van der Waals surface area contributed by atoms with Gasteiger partial charge in [-0.25, -0.2) is 9.18 Å².